The lowest BCUT2D eigenvalue weighted by Crippen LogP contribution is -1.97. The summed E-state index contributed by atoms with van der Waals surface area (Å²) in [5, 5.41) is 0. The Morgan fingerprint density at radius 3 is 0.684 bits per heavy atom. The van der Waals surface area contributed by atoms with E-state index in [-0.39, 0.29) is 0 Å². The molecule has 0 saturated carbocycles. The first-order valence-corrected chi connectivity index (χ1v) is 13.7. The van der Waals surface area contributed by atoms with E-state index < -0.39 is 0 Å². The Morgan fingerprint density at radius 1 is 0.316 bits per heavy atom. The molecule has 5 heterocycles. The second-order valence-electron chi connectivity index (χ2n) is 11.6. The standard InChI is InChI=1S/C34H42N4/c1-15-16(2)28-24(10)32-21(7)22(8)34(38(32)14)26(12)30-18(4)17(3)29(36-30)25(11)33-20(6)19(5)31(37(33)13)23(9)27(15)35-28/h1-14H3. The predicted octanol–water partition coefficient (Wildman–Crippen LogP) is 8.70. The highest BCUT2D eigenvalue weighted by atomic mass is 15.0. The zero-order valence-corrected chi connectivity index (χ0v) is 25.8. The molecule has 3 aromatic rings. The molecule has 0 unspecified atom stereocenters. The largest absolute Gasteiger partial charge is 0.344 e. The summed E-state index contributed by atoms with van der Waals surface area (Å²) in [6, 6.07) is 0. The van der Waals surface area contributed by atoms with Crippen LogP contribution in [-0.2, 0) is 14.1 Å². The molecule has 0 fully saturated rings. The second-order valence-corrected chi connectivity index (χ2v) is 11.6. The summed E-state index contributed by atoms with van der Waals surface area (Å²) >= 11 is 0. The van der Waals surface area contributed by atoms with Gasteiger partial charge in [0.15, 0.2) is 0 Å². The first-order valence-electron chi connectivity index (χ1n) is 13.7. The third kappa shape index (κ3) is 3.22. The van der Waals surface area contributed by atoms with E-state index in [0.717, 1.165) is 22.8 Å². The van der Waals surface area contributed by atoms with Crippen molar-refractivity contribution in [3.63, 3.8) is 0 Å². The van der Waals surface area contributed by atoms with Gasteiger partial charge >= 0.3 is 0 Å². The van der Waals surface area contributed by atoms with E-state index in [2.05, 4.69) is 106 Å². The Bertz CT molecular complexity index is 1570. The SMILES string of the molecule is CC1=C(C)c2nc1c(C)c1c(C)c(C)c(c(C)c3nc(c(C)c4c(C)c(C)c(c2C)n4C)C(C)=C3C)n1C. The first kappa shape index (κ1) is 26.2. The molecule has 2 aliphatic rings. The van der Waals surface area contributed by atoms with Crippen LogP contribution in [0.15, 0.2) is 0 Å². The summed E-state index contributed by atoms with van der Waals surface area (Å²) < 4.78 is 4.74. The summed E-state index contributed by atoms with van der Waals surface area (Å²) in [4.78, 5) is 10.7. The fourth-order valence-corrected chi connectivity index (χ4v) is 7.25. The molecular weight excluding hydrogens is 464 g/mol. The Kier molecular flexibility index (Phi) is 5.90. The number of hydrogen-bond donors (Lipinski definition) is 0. The van der Waals surface area contributed by atoms with Crippen LogP contribution in [0, 0.1) is 55.4 Å². The molecule has 0 saturated heterocycles. The van der Waals surface area contributed by atoms with Crippen molar-refractivity contribution in [3.05, 3.63) is 67.3 Å². The summed E-state index contributed by atoms with van der Waals surface area (Å²) in [7, 11) is 4.40. The van der Waals surface area contributed by atoms with Crippen molar-refractivity contribution in [2.45, 2.75) is 83.1 Å². The Hall–Kier alpha value is -3.40. The van der Waals surface area contributed by atoms with Gasteiger partial charge in [-0.05, 0) is 150 Å². The fraction of sp³-hybridized carbons (Fsp3) is 0.412. The first-order chi connectivity index (χ1) is 17.7. The highest BCUT2D eigenvalue weighted by molar-refractivity contribution is 5.97. The van der Waals surface area contributed by atoms with Crippen molar-refractivity contribution in [2.75, 3.05) is 0 Å². The van der Waals surface area contributed by atoms with Crippen molar-refractivity contribution in [2.24, 2.45) is 14.1 Å². The highest BCUT2D eigenvalue weighted by Gasteiger charge is 2.24. The van der Waals surface area contributed by atoms with Crippen LogP contribution < -0.4 is 0 Å². The van der Waals surface area contributed by atoms with Crippen LogP contribution in [0.4, 0.5) is 0 Å². The summed E-state index contributed by atoms with van der Waals surface area (Å²) in [6.07, 6.45) is 0. The molecule has 3 aromatic heterocycles. The summed E-state index contributed by atoms with van der Waals surface area (Å²) in [5.74, 6) is 0. The lowest BCUT2D eigenvalue weighted by Gasteiger charge is -2.07. The van der Waals surface area contributed by atoms with Crippen molar-refractivity contribution in [1.29, 1.82) is 0 Å². The lowest BCUT2D eigenvalue weighted by molar-refractivity contribution is 0.986. The molecule has 38 heavy (non-hydrogen) atoms. The average Bonchev–Trinajstić information content (AvgIpc) is 3.48. The molecular formula is C34H42N4. The Labute approximate surface area is 227 Å². The normalized spacial score (nSPS) is 13.8. The molecule has 5 rings (SSSR count). The van der Waals surface area contributed by atoms with Crippen molar-refractivity contribution in [3.8, 4) is 0 Å². The summed E-state index contributed by atoms with van der Waals surface area (Å²) in [5.41, 5.74) is 24.7. The van der Waals surface area contributed by atoms with Crippen molar-refractivity contribution in [1.82, 2.24) is 19.1 Å². The quantitative estimate of drug-likeness (QED) is 0.306. The number of nitrogens with zero attached hydrogens (tertiary/aromatic N) is 4. The maximum atomic E-state index is 5.34. The Balaban J connectivity index is 2.20. The molecule has 0 radical (unpaired) electrons. The van der Waals surface area contributed by atoms with E-state index in [4.69, 9.17) is 9.97 Å². The number of hydrogen-bond acceptors (Lipinski definition) is 2. The van der Waals surface area contributed by atoms with Gasteiger partial charge in [0.25, 0.3) is 0 Å². The zero-order valence-electron chi connectivity index (χ0n) is 25.8. The molecule has 4 nitrogen and oxygen atoms in total. The maximum Gasteiger partial charge on any atom is 0.0719 e. The molecule has 0 amide bonds. The topological polar surface area (TPSA) is 35.6 Å². The monoisotopic (exact) mass is 506 g/mol. The van der Waals surface area contributed by atoms with Crippen LogP contribution in [0.25, 0.3) is 44.4 Å². The van der Waals surface area contributed by atoms with E-state index in [1.54, 1.807) is 0 Å². The third-order valence-electron chi connectivity index (χ3n) is 9.72. The maximum absolute atomic E-state index is 5.34. The van der Waals surface area contributed by atoms with Crippen LogP contribution >= 0.6 is 0 Å². The molecule has 0 N–H and O–H groups in total. The highest BCUT2D eigenvalue weighted by Crippen LogP contribution is 2.40. The molecule has 0 aromatic carbocycles. The van der Waals surface area contributed by atoms with Crippen LogP contribution in [-0.4, -0.2) is 19.1 Å². The van der Waals surface area contributed by atoms with Gasteiger partial charge in [0.2, 0.25) is 0 Å². The van der Waals surface area contributed by atoms with Gasteiger partial charge in [-0.2, -0.15) is 0 Å². The van der Waals surface area contributed by atoms with E-state index in [9.17, 15) is 0 Å². The third-order valence-corrected chi connectivity index (χ3v) is 9.72. The van der Waals surface area contributed by atoms with Crippen molar-refractivity contribution >= 4 is 44.4 Å². The molecule has 0 aliphatic carbocycles. The average molecular weight is 507 g/mol. The number of rotatable bonds is 0. The zero-order chi connectivity index (χ0) is 28.1. The number of aromatic nitrogens is 4. The van der Waals surface area contributed by atoms with Gasteiger partial charge in [0, 0.05) is 36.2 Å². The van der Waals surface area contributed by atoms with Gasteiger partial charge in [-0.15, -0.1) is 0 Å². The fourth-order valence-electron chi connectivity index (χ4n) is 7.25. The lowest BCUT2D eigenvalue weighted by atomic mass is 10.0. The molecule has 0 spiro atoms. The van der Waals surface area contributed by atoms with E-state index in [1.807, 2.05) is 0 Å². The molecule has 8 bridgehead atoms. The number of aryl methyl sites for hydroxylation is 10. The number of allylic oxidation sites excluding steroid dienone is 4. The van der Waals surface area contributed by atoms with E-state index >= 15 is 0 Å². The van der Waals surface area contributed by atoms with E-state index in [1.165, 1.54) is 88.9 Å². The molecule has 2 aliphatic heterocycles. The minimum atomic E-state index is 1.10. The van der Waals surface area contributed by atoms with Gasteiger partial charge in [0.1, 0.15) is 0 Å². The van der Waals surface area contributed by atoms with Gasteiger partial charge in [0.05, 0.1) is 22.8 Å². The molecule has 4 heteroatoms. The molecule has 0 atom stereocenters. The smallest absolute Gasteiger partial charge is 0.0719 e. The van der Waals surface area contributed by atoms with Gasteiger partial charge in [-0.3, -0.25) is 0 Å². The minimum absolute atomic E-state index is 1.10. The van der Waals surface area contributed by atoms with Crippen LogP contribution in [0.1, 0.15) is 95.0 Å². The van der Waals surface area contributed by atoms with Crippen molar-refractivity contribution < 1.29 is 0 Å². The van der Waals surface area contributed by atoms with Crippen LogP contribution in [0.2, 0.25) is 0 Å². The summed E-state index contributed by atoms with van der Waals surface area (Å²) in [6.45, 7) is 26.8. The van der Waals surface area contributed by atoms with Crippen LogP contribution in [0.3, 0.4) is 0 Å². The van der Waals surface area contributed by atoms with Crippen LogP contribution in [0.5, 0.6) is 0 Å². The van der Waals surface area contributed by atoms with E-state index in [0.29, 0.717) is 0 Å². The predicted molar refractivity (Wildman–Crippen MR) is 164 cm³/mol. The minimum Gasteiger partial charge on any atom is -0.344 e. The number of fused-ring (bicyclic) bond motifs is 8. The van der Waals surface area contributed by atoms with Gasteiger partial charge in [-0.1, -0.05) is 0 Å². The van der Waals surface area contributed by atoms with Gasteiger partial charge in [-0.25, -0.2) is 9.97 Å². The molecule has 198 valence electrons. The van der Waals surface area contributed by atoms with Gasteiger partial charge < -0.3 is 9.13 Å². The second kappa shape index (κ2) is 8.56. The Morgan fingerprint density at radius 2 is 0.500 bits per heavy atom.